The third-order valence-corrected chi connectivity index (χ3v) is 2.79. The molecule has 0 fully saturated rings. The minimum Gasteiger partial charge on any atom is -0.368 e. The summed E-state index contributed by atoms with van der Waals surface area (Å²) >= 11 is 1.73. The van der Waals surface area contributed by atoms with Crippen LogP contribution in [0.25, 0.3) is 0 Å². The summed E-state index contributed by atoms with van der Waals surface area (Å²) in [5.74, 6) is -0.464. The Bertz CT molecular complexity index is 274. The molecule has 78 valence electrons. The van der Waals surface area contributed by atoms with Gasteiger partial charge in [-0.15, -0.1) is 11.3 Å². The first-order valence-electron chi connectivity index (χ1n) is 4.48. The van der Waals surface area contributed by atoms with Crippen molar-refractivity contribution in [2.75, 3.05) is 13.1 Å². The summed E-state index contributed by atoms with van der Waals surface area (Å²) in [6.07, 6.45) is 0.961. The number of nitrogens with one attached hydrogen (secondary N) is 1. The standard InChI is InChI=1S/C9H15N3OS/c10-8(9(11)13)6-12-4-3-7-2-1-5-14-7/h1-2,5,8,12H,3-4,6,10H2,(H2,11,13). The van der Waals surface area contributed by atoms with Crippen LogP contribution < -0.4 is 16.8 Å². The number of nitrogens with two attached hydrogens (primary N) is 2. The lowest BCUT2D eigenvalue weighted by atomic mass is 10.3. The van der Waals surface area contributed by atoms with Crippen molar-refractivity contribution in [1.82, 2.24) is 5.32 Å². The van der Waals surface area contributed by atoms with Gasteiger partial charge in [0.05, 0.1) is 6.04 Å². The lowest BCUT2D eigenvalue weighted by molar-refractivity contribution is -0.119. The number of carbonyl (C=O) groups is 1. The van der Waals surface area contributed by atoms with Crippen molar-refractivity contribution in [2.24, 2.45) is 11.5 Å². The smallest absolute Gasteiger partial charge is 0.235 e. The number of hydrogen-bond acceptors (Lipinski definition) is 4. The van der Waals surface area contributed by atoms with E-state index in [1.54, 1.807) is 11.3 Å². The second-order valence-electron chi connectivity index (χ2n) is 3.04. The molecule has 0 aliphatic carbocycles. The second kappa shape index (κ2) is 5.74. The zero-order valence-corrected chi connectivity index (χ0v) is 8.72. The monoisotopic (exact) mass is 213 g/mol. The van der Waals surface area contributed by atoms with Crippen LogP contribution in [-0.4, -0.2) is 25.0 Å². The molecule has 0 radical (unpaired) electrons. The van der Waals surface area contributed by atoms with Gasteiger partial charge in [0.1, 0.15) is 0 Å². The van der Waals surface area contributed by atoms with Crippen molar-refractivity contribution in [3.05, 3.63) is 22.4 Å². The van der Waals surface area contributed by atoms with E-state index < -0.39 is 11.9 Å². The molecule has 1 heterocycles. The predicted molar refractivity (Wildman–Crippen MR) is 58.1 cm³/mol. The van der Waals surface area contributed by atoms with Gasteiger partial charge < -0.3 is 16.8 Å². The van der Waals surface area contributed by atoms with Crippen LogP contribution in [0.3, 0.4) is 0 Å². The summed E-state index contributed by atoms with van der Waals surface area (Å²) in [5.41, 5.74) is 10.5. The number of rotatable bonds is 6. The Balaban J connectivity index is 2.08. The first kappa shape index (κ1) is 11.2. The van der Waals surface area contributed by atoms with E-state index >= 15 is 0 Å². The molecule has 14 heavy (non-hydrogen) atoms. The number of thiophene rings is 1. The summed E-state index contributed by atoms with van der Waals surface area (Å²) in [5, 5.41) is 5.13. The molecule has 4 nitrogen and oxygen atoms in total. The molecule has 1 atom stereocenters. The lowest BCUT2D eigenvalue weighted by Crippen LogP contribution is -2.44. The Hall–Kier alpha value is -0.910. The van der Waals surface area contributed by atoms with Crippen molar-refractivity contribution in [3.63, 3.8) is 0 Å². The van der Waals surface area contributed by atoms with Crippen LogP contribution in [0.5, 0.6) is 0 Å². The normalized spacial score (nSPS) is 12.6. The van der Waals surface area contributed by atoms with Crippen LogP contribution in [0.15, 0.2) is 17.5 Å². The van der Waals surface area contributed by atoms with Gasteiger partial charge in [0, 0.05) is 18.0 Å². The van der Waals surface area contributed by atoms with E-state index in [4.69, 9.17) is 11.5 Å². The van der Waals surface area contributed by atoms with Gasteiger partial charge in [-0.05, 0) is 17.9 Å². The maximum absolute atomic E-state index is 10.6. The van der Waals surface area contributed by atoms with E-state index in [0.717, 1.165) is 13.0 Å². The maximum atomic E-state index is 10.6. The van der Waals surface area contributed by atoms with Crippen molar-refractivity contribution in [1.29, 1.82) is 0 Å². The molecule has 1 rings (SSSR count). The first-order valence-corrected chi connectivity index (χ1v) is 5.36. The Morgan fingerprint density at radius 2 is 2.43 bits per heavy atom. The van der Waals surface area contributed by atoms with Crippen LogP contribution in [0.1, 0.15) is 4.88 Å². The minimum absolute atomic E-state index is 0.445. The van der Waals surface area contributed by atoms with E-state index in [0.29, 0.717) is 6.54 Å². The van der Waals surface area contributed by atoms with Crippen LogP contribution in [0, 0.1) is 0 Å². The van der Waals surface area contributed by atoms with Gasteiger partial charge in [-0.3, -0.25) is 4.79 Å². The van der Waals surface area contributed by atoms with Gasteiger partial charge in [0.25, 0.3) is 0 Å². The van der Waals surface area contributed by atoms with Crippen molar-refractivity contribution < 1.29 is 4.79 Å². The third kappa shape index (κ3) is 3.87. The zero-order valence-electron chi connectivity index (χ0n) is 7.90. The summed E-state index contributed by atoms with van der Waals surface area (Å²) in [6.45, 7) is 1.27. The van der Waals surface area contributed by atoms with E-state index in [1.165, 1.54) is 4.88 Å². The maximum Gasteiger partial charge on any atom is 0.235 e. The van der Waals surface area contributed by atoms with Gasteiger partial charge in [-0.25, -0.2) is 0 Å². The van der Waals surface area contributed by atoms with Gasteiger partial charge >= 0.3 is 0 Å². The molecule has 1 unspecified atom stereocenters. The number of primary amides is 1. The minimum atomic E-state index is -0.585. The highest BCUT2D eigenvalue weighted by Crippen LogP contribution is 2.07. The van der Waals surface area contributed by atoms with Gasteiger partial charge in [-0.2, -0.15) is 0 Å². The average molecular weight is 213 g/mol. The van der Waals surface area contributed by atoms with Crippen LogP contribution in [0.4, 0.5) is 0 Å². The highest BCUT2D eigenvalue weighted by atomic mass is 32.1. The largest absolute Gasteiger partial charge is 0.368 e. The van der Waals surface area contributed by atoms with Crippen LogP contribution in [0.2, 0.25) is 0 Å². The highest BCUT2D eigenvalue weighted by Gasteiger charge is 2.07. The van der Waals surface area contributed by atoms with E-state index in [-0.39, 0.29) is 0 Å². The fraction of sp³-hybridized carbons (Fsp3) is 0.444. The van der Waals surface area contributed by atoms with E-state index in [2.05, 4.69) is 11.4 Å². The Kier molecular flexibility index (Phi) is 4.58. The summed E-state index contributed by atoms with van der Waals surface area (Å²) < 4.78 is 0. The fourth-order valence-corrected chi connectivity index (χ4v) is 1.73. The van der Waals surface area contributed by atoms with Gasteiger partial charge in [0.15, 0.2) is 0 Å². The quantitative estimate of drug-likeness (QED) is 0.567. The molecule has 0 aliphatic heterocycles. The molecule has 0 saturated heterocycles. The first-order chi connectivity index (χ1) is 6.70. The molecule has 1 aromatic rings. The molecule has 0 aromatic carbocycles. The Labute approximate surface area is 87.3 Å². The fourth-order valence-electron chi connectivity index (χ4n) is 1.02. The molecule has 0 aliphatic rings. The van der Waals surface area contributed by atoms with Gasteiger partial charge in [0.2, 0.25) is 5.91 Å². The molecule has 1 amide bonds. The van der Waals surface area contributed by atoms with Crippen molar-refractivity contribution in [3.8, 4) is 0 Å². The lowest BCUT2D eigenvalue weighted by Gasteiger charge is -2.07. The van der Waals surface area contributed by atoms with Crippen molar-refractivity contribution >= 4 is 17.2 Å². The molecular formula is C9H15N3OS. The Morgan fingerprint density at radius 1 is 1.64 bits per heavy atom. The summed E-state index contributed by atoms with van der Waals surface area (Å²) in [4.78, 5) is 11.9. The zero-order chi connectivity index (χ0) is 10.4. The molecule has 0 bridgehead atoms. The topological polar surface area (TPSA) is 81.1 Å². The Morgan fingerprint density at radius 3 is 3.00 bits per heavy atom. The molecule has 1 aromatic heterocycles. The van der Waals surface area contributed by atoms with Crippen LogP contribution >= 0.6 is 11.3 Å². The molecule has 0 spiro atoms. The van der Waals surface area contributed by atoms with Crippen molar-refractivity contribution in [2.45, 2.75) is 12.5 Å². The van der Waals surface area contributed by atoms with Gasteiger partial charge in [-0.1, -0.05) is 6.07 Å². The summed E-state index contributed by atoms with van der Waals surface area (Å²) in [7, 11) is 0. The van der Waals surface area contributed by atoms with E-state index in [9.17, 15) is 4.79 Å². The third-order valence-electron chi connectivity index (χ3n) is 1.86. The number of amides is 1. The van der Waals surface area contributed by atoms with Crippen LogP contribution in [-0.2, 0) is 11.2 Å². The molecule has 5 N–H and O–H groups in total. The molecule has 5 heteroatoms. The second-order valence-corrected chi connectivity index (χ2v) is 4.07. The van der Waals surface area contributed by atoms with E-state index in [1.807, 2.05) is 11.4 Å². The SMILES string of the molecule is NC(=O)C(N)CNCCc1cccs1. The average Bonchev–Trinajstić information content (AvgIpc) is 2.64. The number of hydrogen-bond donors (Lipinski definition) is 3. The highest BCUT2D eigenvalue weighted by molar-refractivity contribution is 7.09. The number of carbonyl (C=O) groups excluding carboxylic acids is 1. The summed E-state index contributed by atoms with van der Waals surface area (Å²) in [6, 6.07) is 3.52. The molecular weight excluding hydrogens is 198 g/mol. The molecule has 0 saturated carbocycles. The predicted octanol–water partition coefficient (Wildman–Crippen LogP) is -0.307.